The molecule has 0 bridgehead atoms. The van der Waals surface area contributed by atoms with Crippen LogP contribution < -0.4 is 15.5 Å². The Kier molecular flexibility index (Phi) is 5.92. The fourth-order valence-electron chi connectivity index (χ4n) is 2.58. The van der Waals surface area contributed by atoms with Crippen LogP contribution in [0.4, 0.5) is 5.82 Å². The molecule has 1 fully saturated rings. The zero-order chi connectivity index (χ0) is 15.1. The molecular weight excluding hydrogens is 266 g/mol. The number of carbonyl (C=O) groups excluding carboxylic acids is 1. The zero-order valence-electron chi connectivity index (χ0n) is 12.9. The molecule has 1 amide bonds. The summed E-state index contributed by atoms with van der Waals surface area (Å²) in [5, 5.41) is 14.4. The Labute approximate surface area is 126 Å². The van der Waals surface area contributed by atoms with Crippen molar-refractivity contribution in [3.05, 3.63) is 17.8 Å². The van der Waals surface area contributed by atoms with Gasteiger partial charge in [0, 0.05) is 19.6 Å². The summed E-state index contributed by atoms with van der Waals surface area (Å²) in [6.07, 6.45) is 2.35. The van der Waals surface area contributed by atoms with E-state index in [4.69, 9.17) is 0 Å². The average Bonchev–Trinajstić information content (AvgIpc) is 2.54. The van der Waals surface area contributed by atoms with Crippen LogP contribution in [0.5, 0.6) is 0 Å². The Morgan fingerprint density at radius 3 is 2.57 bits per heavy atom. The van der Waals surface area contributed by atoms with Crippen LogP contribution in [0.2, 0.25) is 0 Å². The second kappa shape index (κ2) is 7.93. The lowest BCUT2D eigenvalue weighted by molar-refractivity contribution is 0.0950. The van der Waals surface area contributed by atoms with Crippen molar-refractivity contribution in [2.45, 2.75) is 26.7 Å². The maximum Gasteiger partial charge on any atom is 0.271 e. The number of nitrogens with zero attached hydrogens (tertiary/aromatic N) is 3. The Hall–Kier alpha value is -1.69. The zero-order valence-corrected chi connectivity index (χ0v) is 12.9. The van der Waals surface area contributed by atoms with E-state index in [-0.39, 0.29) is 5.91 Å². The highest BCUT2D eigenvalue weighted by molar-refractivity contribution is 5.92. The van der Waals surface area contributed by atoms with E-state index in [9.17, 15) is 4.79 Å². The molecule has 1 saturated heterocycles. The van der Waals surface area contributed by atoms with Crippen LogP contribution in [0.3, 0.4) is 0 Å². The molecule has 0 spiro atoms. The molecule has 1 aromatic rings. The molecule has 1 aliphatic heterocycles. The minimum absolute atomic E-state index is 0.166. The van der Waals surface area contributed by atoms with Crippen molar-refractivity contribution >= 4 is 11.7 Å². The number of carbonyl (C=O) groups is 1. The molecule has 2 heterocycles. The summed E-state index contributed by atoms with van der Waals surface area (Å²) < 4.78 is 0. The summed E-state index contributed by atoms with van der Waals surface area (Å²) >= 11 is 0. The van der Waals surface area contributed by atoms with Gasteiger partial charge < -0.3 is 15.5 Å². The molecule has 2 rings (SSSR count). The number of piperidine rings is 1. The van der Waals surface area contributed by atoms with Gasteiger partial charge in [0.25, 0.3) is 5.91 Å². The van der Waals surface area contributed by atoms with Gasteiger partial charge in [0.05, 0.1) is 0 Å². The molecule has 0 radical (unpaired) electrons. The van der Waals surface area contributed by atoms with Gasteiger partial charge in [-0.05, 0) is 50.9 Å². The van der Waals surface area contributed by atoms with E-state index in [1.165, 1.54) is 12.8 Å². The molecule has 6 heteroatoms. The molecule has 0 aromatic carbocycles. The van der Waals surface area contributed by atoms with Crippen LogP contribution in [0.1, 0.15) is 37.2 Å². The number of aromatic nitrogens is 2. The highest BCUT2D eigenvalue weighted by Crippen LogP contribution is 2.20. The molecule has 116 valence electrons. The first-order chi connectivity index (χ1) is 10.2. The van der Waals surface area contributed by atoms with Gasteiger partial charge in [-0.3, -0.25) is 4.79 Å². The van der Waals surface area contributed by atoms with Gasteiger partial charge >= 0.3 is 0 Å². The van der Waals surface area contributed by atoms with Crippen LogP contribution in [-0.4, -0.2) is 48.8 Å². The van der Waals surface area contributed by atoms with Gasteiger partial charge in [-0.1, -0.05) is 6.92 Å². The summed E-state index contributed by atoms with van der Waals surface area (Å²) in [7, 11) is 0. The van der Waals surface area contributed by atoms with Crippen LogP contribution in [0.25, 0.3) is 0 Å². The molecule has 0 saturated carbocycles. The third-order valence-electron chi connectivity index (χ3n) is 3.84. The maximum atomic E-state index is 11.6. The lowest BCUT2D eigenvalue weighted by Crippen LogP contribution is -2.37. The third kappa shape index (κ3) is 4.39. The first-order valence-electron chi connectivity index (χ1n) is 7.82. The molecule has 0 unspecified atom stereocenters. The summed E-state index contributed by atoms with van der Waals surface area (Å²) in [5.74, 6) is 1.45. The van der Waals surface area contributed by atoms with Crippen LogP contribution in [0.15, 0.2) is 12.1 Å². The Bertz CT molecular complexity index is 440. The van der Waals surface area contributed by atoms with Gasteiger partial charge in [0.2, 0.25) is 0 Å². The fourth-order valence-corrected chi connectivity index (χ4v) is 2.58. The normalized spacial score (nSPS) is 16.0. The first-order valence-corrected chi connectivity index (χ1v) is 7.82. The SMILES string of the molecule is CCNCC1CCN(c2ccc(C(=O)NCC)nn2)CC1. The number of amides is 1. The predicted octanol–water partition coefficient (Wildman–Crippen LogP) is 1.05. The predicted molar refractivity (Wildman–Crippen MR) is 83.5 cm³/mol. The van der Waals surface area contributed by atoms with Crippen molar-refractivity contribution < 1.29 is 4.79 Å². The lowest BCUT2D eigenvalue weighted by Gasteiger charge is -2.32. The van der Waals surface area contributed by atoms with E-state index in [0.717, 1.165) is 37.9 Å². The van der Waals surface area contributed by atoms with Gasteiger partial charge in [0.15, 0.2) is 11.5 Å². The summed E-state index contributed by atoms with van der Waals surface area (Å²) in [4.78, 5) is 13.9. The molecule has 6 nitrogen and oxygen atoms in total. The molecular formula is C15H25N5O. The van der Waals surface area contributed by atoms with Crippen LogP contribution >= 0.6 is 0 Å². The third-order valence-corrected chi connectivity index (χ3v) is 3.84. The van der Waals surface area contributed by atoms with Gasteiger partial charge in [-0.25, -0.2) is 0 Å². The number of anilines is 1. The van der Waals surface area contributed by atoms with E-state index in [1.807, 2.05) is 13.0 Å². The smallest absolute Gasteiger partial charge is 0.271 e. The lowest BCUT2D eigenvalue weighted by atomic mass is 9.97. The van der Waals surface area contributed by atoms with Gasteiger partial charge in [-0.2, -0.15) is 0 Å². The summed E-state index contributed by atoms with van der Waals surface area (Å²) in [6.45, 7) is 8.77. The van der Waals surface area contributed by atoms with Crippen molar-refractivity contribution in [2.24, 2.45) is 5.92 Å². The minimum Gasteiger partial charge on any atom is -0.355 e. The molecule has 21 heavy (non-hydrogen) atoms. The van der Waals surface area contributed by atoms with Crippen molar-refractivity contribution in [1.29, 1.82) is 0 Å². The average molecular weight is 291 g/mol. The van der Waals surface area contributed by atoms with Crippen molar-refractivity contribution in [2.75, 3.05) is 37.6 Å². The molecule has 1 aromatic heterocycles. The Morgan fingerprint density at radius 2 is 2.00 bits per heavy atom. The number of hydrogen-bond donors (Lipinski definition) is 2. The second-order valence-corrected chi connectivity index (χ2v) is 5.37. The van der Waals surface area contributed by atoms with E-state index in [1.54, 1.807) is 6.07 Å². The number of rotatable bonds is 6. The highest BCUT2D eigenvalue weighted by atomic mass is 16.1. The Balaban J connectivity index is 1.87. The quantitative estimate of drug-likeness (QED) is 0.820. The van der Waals surface area contributed by atoms with Crippen LogP contribution in [0, 0.1) is 5.92 Å². The molecule has 1 aliphatic rings. The highest BCUT2D eigenvalue weighted by Gasteiger charge is 2.20. The molecule has 2 N–H and O–H groups in total. The van der Waals surface area contributed by atoms with Crippen molar-refractivity contribution in [1.82, 2.24) is 20.8 Å². The van der Waals surface area contributed by atoms with E-state index in [0.29, 0.717) is 12.2 Å². The second-order valence-electron chi connectivity index (χ2n) is 5.37. The molecule has 0 aliphatic carbocycles. The van der Waals surface area contributed by atoms with E-state index in [2.05, 4.69) is 32.7 Å². The number of nitrogens with one attached hydrogen (secondary N) is 2. The topological polar surface area (TPSA) is 70.2 Å². The number of hydrogen-bond acceptors (Lipinski definition) is 5. The minimum atomic E-state index is -0.166. The van der Waals surface area contributed by atoms with Crippen molar-refractivity contribution in [3.8, 4) is 0 Å². The van der Waals surface area contributed by atoms with E-state index < -0.39 is 0 Å². The van der Waals surface area contributed by atoms with Gasteiger partial charge in [0.1, 0.15) is 0 Å². The maximum absolute atomic E-state index is 11.6. The fraction of sp³-hybridized carbons (Fsp3) is 0.667. The van der Waals surface area contributed by atoms with Crippen LogP contribution in [-0.2, 0) is 0 Å². The molecule has 0 atom stereocenters. The van der Waals surface area contributed by atoms with Crippen molar-refractivity contribution in [3.63, 3.8) is 0 Å². The largest absolute Gasteiger partial charge is 0.355 e. The van der Waals surface area contributed by atoms with Gasteiger partial charge in [-0.15, -0.1) is 10.2 Å². The monoisotopic (exact) mass is 291 g/mol. The van der Waals surface area contributed by atoms with E-state index >= 15 is 0 Å². The Morgan fingerprint density at radius 1 is 1.24 bits per heavy atom. The summed E-state index contributed by atoms with van der Waals surface area (Å²) in [6, 6.07) is 3.64. The summed E-state index contributed by atoms with van der Waals surface area (Å²) in [5.41, 5.74) is 0.377. The standard InChI is InChI=1S/C15H25N5O/c1-3-16-11-12-7-9-20(10-8-12)14-6-5-13(18-19-14)15(21)17-4-2/h5-6,12,16H,3-4,7-11H2,1-2H3,(H,17,21). The first kappa shape index (κ1) is 15.7.